The third-order valence-electron chi connectivity index (χ3n) is 3.81. The second-order valence-electron chi connectivity index (χ2n) is 5.73. The van der Waals surface area contributed by atoms with Gasteiger partial charge in [-0.2, -0.15) is 0 Å². The first-order valence-electron chi connectivity index (χ1n) is 7.91. The highest BCUT2D eigenvalue weighted by atomic mass is 32.1. The lowest BCUT2D eigenvalue weighted by molar-refractivity contribution is 0.0835. The maximum Gasteiger partial charge on any atom is 0.263 e. The van der Waals surface area contributed by atoms with Gasteiger partial charge >= 0.3 is 0 Å². The van der Waals surface area contributed by atoms with Crippen molar-refractivity contribution in [1.82, 2.24) is 15.3 Å². The van der Waals surface area contributed by atoms with Crippen molar-refractivity contribution in [3.8, 4) is 0 Å². The van der Waals surface area contributed by atoms with Crippen LogP contribution in [-0.4, -0.2) is 27.0 Å². The fourth-order valence-corrected chi connectivity index (χ4v) is 4.15. The summed E-state index contributed by atoms with van der Waals surface area (Å²) in [6.45, 7) is 3.70. The summed E-state index contributed by atoms with van der Waals surface area (Å²) in [4.78, 5) is 21.8. The molecule has 0 aliphatic heterocycles. The quantitative estimate of drug-likeness (QED) is 0.695. The average molecular weight is 374 g/mol. The van der Waals surface area contributed by atoms with Crippen LogP contribution in [0, 0.1) is 13.8 Å². The number of benzene rings is 1. The Labute approximate surface area is 154 Å². The molecule has 0 fully saturated rings. The van der Waals surface area contributed by atoms with E-state index < -0.39 is 12.1 Å². The minimum atomic E-state index is -0.863. The van der Waals surface area contributed by atoms with Crippen LogP contribution in [0.25, 0.3) is 0 Å². The van der Waals surface area contributed by atoms with Gasteiger partial charge in [0.1, 0.15) is 16.0 Å². The van der Waals surface area contributed by atoms with E-state index >= 15 is 0 Å². The number of thiazole rings is 2. The van der Waals surface area contributed by atoms with Gasteiger partial charge in [-0.15, -0.1) is 22.7 Å². The van der Waals surface area contributed by atoms with Gasteiger partial charge in [0.05, 0.1) is 16.7 Å². The molecule has 2 atom stereocenters. The number of amides is 1. The fourth-order valence-electron chi connectivity index (χ4n) is 2.64. The van der Waals surface area contributed by atoms with E-state index in [9.17, 15) is 9.90 Å². The van der Waals surface area contributed by atoms with Gasteiger partial charge in [0.25, 0.3) is 5.91 Å². The third kappa shape index (κ3) is 4.31. The van der Waals surface area contributed by atoms with E-state index in [2.05, 4.69) is 15.3 Å². The minimum Gasteiger partial charge on any atom is -0.384 e. The number of nitrogens with one attached hydrogen (secondary N) is 1. The Kier molecular flexibility index (Phi) is 5.57. The van der Waals surface area contributed by atoms with E-state index in [4.69, 9.17) is 0 Å². The summed E-state index contributed by atoms with van der Waals surface area (Å²) < 4.78 is 0. The molecule has 2 N–H and O–H groups in total. The second-order valence-corrected chi connectivity index (χ2v) is 7.86. The molecule has 7 heteroatoms. The molecular formula is C18H19N3O2S2. The largest absolute Gasteiger partial charge is 0.384 e. The molecule has 1 aromatic carbocycles. The van der Waals surface area contributed by atoms with Gasteiger partial charge in [0, 0.05) is 11.6 Å². The molecule has 0 aliphatic carbocycles. The molecular weight excluding hydrogens is 354 g/mol. The Morgan fingerprint density at radius 2 is 2.04 bits per heavy atom. The number of hydrogen-bond acceptors (Lipinski definition) is 6. The zero-order chi connectivity index (χ0) is 17.8. The topological polar surface area (TPSA) is 75.1 Å². The highest BCUT2D eigenvalue weighted by Gasteiger charge is 2.27. The van der Waals surface area contributed by atoms with Crippen LogP contribution in [0.4, 0.5) is 0 Å². The molecule has 0 unspecified atom stereocenters. The number of nitrogens with zero attached hydrogens (tertiary/aromatic N) is 2. The van der Waals surface area contributed by atoms with E-state index in [1.54, 1.807) is 6.20 Å². The molecule has 0 saturated heterocycles. The normalized spacial score (nSPS) is 13.4. The molecule has 1 amide bonds. The maximum absolute atomic E-state index is 12.7. The first kappa shape index (κ1) is 17.7. The average Bonchev–Trinajstić information content (AvgIpc) is 3.24. The van der Waals surface area contributed by atoms with E-state index in [1.165, 1.54) is 22.7 Å². The van der Waals surface area contributed by atoms with Crippen LogP contribution < -0.4 is 5.32 Å². The number of carbonyl (C=O) groups is 1. The third-order valence-corrected chi connectivity index (χ3v) is 5.73. The summed E-state index contributed by atoms with van der Waals surface area (Å²) in [5, 5.41) is 17.0. The molecule has 0 spiro atoms. The van der Waals surface area contributed by atoms with Crippen LogP contribution >= 0.6 is 22.7 Å². The lowest BCUT2D eigenvalue weighted by atomic mass is 10.0. The lowest BCUT2D eigenvalue weighted by Crippen LogP contribution is -2.41. The summed E-state index contributed by atoms with van der Waals surface area (Å²) in [6.07, 6.45) is 1.31. The van der Waals surface area contributed by atoms with Crippen LogP contribution in [0.15, 0.2) is 41.9 Å². The van der Waals surface area contributed by atoms with Crippen molar-refractivity contribution in [3.63, 3.8) is 0 Å². The van der Waals surface area contributed by atoms with Gasteiger partial charge < -0.3 is 10.4 Å². The van der Waals surface area contributed by atoms with Crippen LogP contribution in [0.1, 0.15) is 37.0 Å². The van der Waals surface area contributed by atoms with Gasteiger partial charge in [-0.1, -0.05) is 30.3 Å². The summed E-state index contributed by atoms with van der Waals surface area (Å²) in [7, 11) is 0. The van der Waals surface area contributed by atoms with E-state index in [1.807, 2.05) is 49.6 Å². The van der Waals surface area contributed by atoms with Crippen molar-refractivity contribution in [3.05, 3.63) is 68.1 Å². The molecule has 0 bridgehead atoms. The van der Waals surface area contributed by atoms with Crippen molar-refractivity contribution in [2.45, 2.75) is 32.4 Å². The Hall–Kier alpha value is -2.09. The first-order chi connectivity index (χ1) is 12.0. The Balaban J connectivity index is 1.83. The molecule has 3 aromatic rings. The zero-order valence-electron chi connectivity index (χ0n) is 14.0. The number of aromatic nitrogens is 2. The van der Waals surface area contributed by atoms with Crippen LogP contribution in [0.3, 0.4) is 0 Å². The Morgan fingerprint density at radius 1 is 1.28 bits per heavy atom. The predicted molar refractivity (Wildman–Crippen MR) is 100 cm³/mol. The molecule has 2 heterocycles. The van der Waals surface area contributed by atoms with E-state index in [0.29, 0.717) is 22.0 Å². The number of aliphatic hydroxyl groups excluding tert-OH is 1. The summed E-state index contributed by atoms with van der Waals surface area (Å²) in [5.74, 6) is -0.209. The van der Waals surface area contributed by atoms with Crippen LogP contribution in [0.2, 0.25) is 0 Å². The molecule has 5 nitrogen and oxygen atoms in total. The van der Waals surface area contributed by atoms with Gasteiger partial charge in [0.15, 0.2) is 0 Å². The summed E-state index contributed by atoms with van der Waals surface area (Å²) in [6, 6.07) is 9.33. The van der Waals surface area contributed by atoms with Crippen molar-refractivity contribution in [1.29, 1.82) is 0 Å². The molecule has 25 heavy (non-hydrogen) atoms. The van der Waals surface area contributed by atoms with Crippen molar-refractivity contribution in [2.75, 3.05) is 0 Å². The van der Waals surface area contributed by atoms with E-state index in [0.717, 1.165) is 10.6 Å². The lowest BCUT2D eigenvalue weighted by Gasteiger charge is -2.23. The monoisotopic (exact) mass is 373 g/mol. The SMILES string of the molecule is Cc1nc(C)c(C(=O)N[C@H](Cc2ccccc2)[C@H](O)c2nccs2)s1. The van der Waals surface area contributed by atoms with E-state index in [-0.39, 0.29) is 5.91 Å². The standard InChI is InChI=1S/C18H19N3O2S2/c1-11-16(25-12(2)20-11)17(23)21-14(10-13-6-4-3-5-7-13)15(22)18-19-8-9-24-18/h3-9,14-15,22H,10H2,1-2H3,(H,21,23)/t14-,15+/m1/s1. The number of aliphatic hydroxyl groups is 1. The summed E-state index contributed by atoms with van der Waals surface area (Å²) >= 11 is 2.74. The minimum absolute atomic E-state index is 0.209. The van der Waals surface area contributed by atoms with Crippen molar-refractivity contribution < 1.29 is 9.90 Å². The Bertz CT molecular complexity index is 831. The molecule has 2 aromatic heterocycles. The second kappa shape index (κ2) is 7.86. The van der Waals surface area contributed by atoms with Crippen molar-refractivity contribution in [2.24, 2.45) is 0 Å². The van der Waals surface area contributed by atoms with Crippen LogP contribution in [0.5, 0.6) is 0 Å². The molecule has 0 saturated carbocycles. The van der Waals surface area contributed by atoms with Gasteiger partial charge in [-0.3, -0.25) is 4.79 Å². The first-order valence-corrected chi connectivity index (χ1v) is 9.60. The molecule has 0 aliphatic rings. The van der Waals surface area contributed by atoms with Gasteiger partial charge in [0.2, 0.25) is 0 Å². The molecule has 3 rings (SSSR count). The predicted octanol–water partition coefficient (Wildman–Crippen LogP) is 3.29. The van der Waals surface area contributed by atoms with Crippen molar-refractivity contribution >= 4 is 28.6 Å². The highest BCUT2D eigenvalue weighted by Crippen LogP contribution is 2.23. The number of hydrogen-bond donors (Lipinski definition) is 2. The highest BCUT2D eigenvalue weighted by molar-refractivity contribution is 7.13. The maximum atomic E-state index is 12.7. The summed E-state index contributed by atoms with van der Waals surface area (Å²) in [5.41, 5.74) is 1.75. The Morgan fingerprint density at radius 3 is 2.64 bits per heavy atom. The smallest absolute Gasteiger partial charge is 0.263 e. The number of carbonyl (C=O) groups excluding carboxylic acids is 1. The van der Waals surface area contributed by atoms with Crippen LogP contribution in [-0.2, 0) is 6.42 Å². The number of rotatable bonds is 6. The number of aryl methyl sites for hydroxylation is 2. The van der Waals surface area contributed by atoms with Gasteiger partial charge in [-0.05, 0) is 25.8 Å². The molecule has 0 radical (unpaired) electrons. The zero-order valence-corrected chi connectivity index (χ0v) is 15.6. The fraction of sp³-hybridized carbons (Fsp3) is 0.278. The van der Waals surface area contributed by atoms with Gasteiger partial charge in [-0.25, -0.2) is 9.97 Å². The molecule has 130 valence electrons.